The number of rotatable bonds is 6. The smallest absolute Gasteiger partial charge is 0.334 e. The van der Waals surface area contributed by atoms with Crippen LogP contribution in [0.5, 0.6) is 0 Å². The fourth-order valence-electron chi connectivity index (χ4n) is 2.88. The largest absolute Gasteiger partial charge is 0.462 e. The van der Waals surface area contributed by atoms with Gasteiger partial charge in [-0.25, -0.2) is 4.79 Å². The third-order valence-electron chi connectivity index (χ3n) is 4.13. The molecule has 21 heavy (non-hydrogen) atoms. The van der Waals surface area contributed by atoms with Crippen LogP contribution in [0.3, 0.4) is 0 Å². The van der Waals surface area contributed by atoms with Gasteiger partial charge in [0.2, 0.25) is 0 Å². The van der Waals surface area contributed by atoms with Crippen molar-refractivity contribution in [2.24, 2.45) is 5.92 Å². The minimum absolute atomic E-state index is 0.112. The fraction of sp³-hybridized carbons (Fsp3) is 0.526. The van der Waals surface area contributed by atoms with Crippen LogP contribution in [0.15, 0.2) is 35.9 Å². The van der Waals surface area contributed by atoms with E-state index in [1.54, 1.807) is 0 Å². The maximum absolute atomic E-state index is 12.4. The number of hydrogen-bond donors (Lipinski definition) is 0. The summed E-state index contributed by atoms with van der Waals surface area (Å²) in [5.41, 5.74) is 1.96. The van der Waals surface area contributed by atoms with Crippen LogP contribution >= 0.6 is 0 Å². The van der Waals surface area contributed by atoms with E-state index >= 15 is 0 Å². The molecule has 0 saturated heterocycles. The van der Waals surface area contributed by atoms with E-state index in [0.29, 0.717) is 12.5 Å². The summed E-state index contributed by atoms with van der Waals surface area (Å²) in [6.07, 6.45) is 9.98. The van der Waals surface area contributed by atoms with Gasteiger partial charge in [-0.15, -0.1) is 0 Å². The fourth-order valence-corrected chi connectivity index (χ4v) is 2.88. The SMILES string of the molecule is CCCCOC(=O)C(=Cc1ccccc1)C1CCCCC1. The zero-order valence-electron chi connectivity index (χ0n) is 13.0. The van der Waals surface area contributed by atoms with Crippen LogP contribution in [-0.2, 0) is 9.53 Å². The van der Waals surface area contributed by atoms with Gasteiger partial charge in [-0.05, 0) is 36.8 Å². The van der Waals surface area contributed by atoms with Gasteiger partial charge in [0.25, 0.3) is 0 Å². The Bertz CT molecular complexity index is 456. The number of unbranched alkanes of at least 4 members (excludes halogenated alkanes) is 1. The Hall–Kier alpha value is -1.57. The molecule has 1 aromatic carbocycles. The van der Waals surface area contributed by atoms with Gasteiger partial charge < -0.3 is 4.74 Å². The molecule has 114 valence electrons. The molecule has 0 aromatic heterocycles. The summed E-state index contributed by atoms with van der Waals surface area (Å²) in [7, 11) is 0. The van der Waals surface area contributed by atoms with Crippen LogP contribution in [0.1, 0.15) is 57.4 Å². The van der Waals surface area contributed by atoms with E-state index in [9.17, 15) is 4.79 Å². The molecule has 0 bridgehead atoms. The molecule has 0 amide bonds. The van der Waals surface area contributed by atoms with Crippen molar-refractivity contribution in [3.05, 3.63) is 41.5 Å². The van der Waals surface area contributed by atoms with Crippen molar-refractivity contribution >= 4 is 12.0 Å². The average molecular weight is 286 g/mol. The Morgan fingerprint density at radius 1 is 1.19 bits per heavy atom. The summed E-state index contributed by atoms with van der Waals surface area (Å²) in [6, 6.07) is 10.1. The van der Waals surface area contributed by atoms with Gasteiger partial charge in [-0.3, -0.25) is 0 Å². The molecule has 1 fully saturated rings. The number of benzene rings is 1. The van der Waals surface area contributed by atoms with Gasteiger partial charge in [0.15, 0.2) is 0 Å². The molecule has 0 N–H and O–H groups in total. The predicted molar refractivity (Wildman–Crippen MR) is 86.9 cm³/mol. The molecule has 1 aromatic rings. The first-order valence-corrected chi connectivity index (χ1v) is 8.25. The topological polar surface area (TPSA) is 26.3 Å². The number of carbonyl (C=O) groups excluding carboxylic acids is 1. The number of esters is 1. The zero-order valence-corrected chi connectivity index (χ0v) is 13.0. The third kappa shape index (κ3) is 5.04. The Morgan fingerprint density at radius 3 is 2.57 bits per heavy atom. The molecule has 1 saturated carbocycles. The maximum atomic E-state index is 12.4. The Balaban J connectivity index is 2.13. The Kier molecular flexibility index (Phi) is 6.52. The second-order valence-corrected chi connectivity index (χ2v) is 5.83. The summed E-state index contributed by atoms with van der Waals surface area (Å²) < 4.78 is 5.46. The number of ether oxygens (including phenoxy) is 1. The number of hydrogen-bond acceptors (Lipinski definition) is 2. The van der Waals surface area contributed by atoms with Gasteiger partial charge in [0.05, 0.1) is 6.61 Å². The van der Waals surface area contributed by atoms with Crippen molar-refractivity contribution in [3.8, 4) is 0 Å². The quantitative estimate of drug-likeness (QED) is 0.418. The lowest BCUT2D eigenvalue weighted by atomic mass is 9.83. The third-order valence-corrected chi connectivity index (χ3v) is 4.13. The summed E-state index contributed by atoms with van der Waals surface area (Å²) in [4.78, 5) is 12.4. The number of carbonyl (C=O) groups is 1. The van der Waals surface area contributed by atoms with Crippen LogP contribution in [0.4, 0.5) is 0 Å². The van der Waals surface area contributed by atoms with E-state index in [2.05, 4.69) is 6.92 Å². The van der Waals surface area contributed by atoms with E-state index < -0.39 is 0 Å². The predicted octanol–water partition coefficient (Wildman–Crippen LogP) is 4.99. The van der Waals surface area contributed by atoms with Crippen molar-refractivity contribution in [3.63, 3.8) is 0 Å². The zero-order chi connectivity index (χ0) is 14.9. The highest BCUT2D eigenvalue weighted by atomic mass is 16.5. The molecule has 2 nitrogen and oxygen atoms in total. The van der Waals surface area contributed by atoms with Gasteiger partial charge in [-0.1, -0.05) is 62.9 Å². The van der Waals surface area contributed by atoms with E-state index in [0.717, 1.165) is 36.8 Å². The van der Waals surface area contributed by atoms with Crippen LogP contribution in [0.2, 0.25) is 0 Å². The molecular formula is C19H26O2. The summed E-state index contributed by atoms with van der Waals surface area (Å²) in [5, 5.41) is 0. The minimum Gasteiger partial charge on any atom is -0.462 e. The summed E-state index contributed by atoms with van der Waals surface area (Å²) in [5.74, 6) is 0.257. The second kappa shape index (κ2) is 8.66. The monoisotopic (exact) mass is 286 g/mol. The van der Waals surface area contributed by atoms with Crippen molar-refractivity contribution in [1.29, 1.82) is 0 Å². The minimum atomic E-state index is -0.112. The summed E-state index contributed by atoms with van der Waals surface area (Å²) >= 11 is 0. The molecule has 0 spiro atoms. The van der Waals surface area contributed by atoms with Crippen LogP contribution in [0, 0.1) is 5.92 Å². The first kappa shape index (κ1) is 15.8. The van der Waals surface area contributed by atoms with E-state index in [1.807, 2.05) is 36.4 Å². The molecule has 0 radical (unpaired) electrons. The van der Waals surface area contributed by atoms with Crippen LogP contribution in [-0.4, -0.2) is 12.6 Å². The average Bonchev–Trinajstić information content (AvgIpc) is 2.54. The molecule has 1 aliphatic carbocycles. The van der Waals surface area contributed by atoms with Crippen molar-refractivity contribution in [2.75, 3.05) is 6.61 Å². The Morgan fingerprint density at radius 2 is 1.90 bits per heavy atom. The van der Waals surface area contributed by atoms with Crippen LogP contribution in [0.25, 0.3) is 6.08 Å². The highest BCUT2D eigenvalue weighted by molar-refractivity contribution is 5.94. The van der Waals surface area contributed by atoms with Crippen molar-refractivity contribution < 1.29 is 9.53 Å². The molecule has 0 heterocycles. The van der Waals surface area contributed by atoms with Gasteiger partial charge in [-0.2, -0.15) is 0 Å². The summed E-state index contributed by atoms with van der Waals surface area (Å²) in [6.45, 7) is 2.64. The maximum Gasteiger partial charge on any atom is 0.334 e. The van der Waals surface area contributed by atoms with E-state index in [1.165, 1.54) is 19.3 Å². The van der Waals surface area contributed by atoms with Crippen LogP contribution < -0.4 is 0 Å². The lowest BCUT2D eigenvalue weighted by Crippen LogP contribution is -2.19. The van der Waals surface area contributed by atoms with Crippen molar-refractivity contribution in [1.82, 2.24) is 0 Å². The molecule has 2 heteroatoms. The molecular weight excluding hydrogens is 260 g/mol. The van der Waals surface area contributed by atoms with Gasteiger partial charge >= 0.3 is 5.97 Å². The lowest BCUT2D eigenvalue weighted by molar-refractivity contribution is -0.139. The van der Waals surface area contributed by atoms with Gasteiger partial charge in [0.1, 0.15) is 0 Å². The molecule has 0 aliphatic heterocycles. The molecule has 0 atom stereocenters. The first-order valence-electron chi connectivity index (χ1n) is 8.25. The molecule has 0 unspecified atom stereocenters. The Labute approximate surface area is 128 Å². The molecule has 2 rings (SSSR count). The second-order valence-electron chi connectivity index (χ2n) is 5.83. The highest BCUT2D eigenvalue weighted by Crippen LogP contribution is 2.31. The van der Waals surface area contributed by atoms with E-state index in [4.69, 9.17) is 4.74 Å². The highest BCUT2D eigenvalue weighted by Gasteiger charge is 2.24. The standard InChI is InChI=1S/C19H26O2/c1-2-3-14-21-19(20)18(17-12-8-5-9-13-17)15-16-10-6-4-7-11-16/h4,6-7,10-11,15,17H,2-3,5,8-9,12-14H2,1H3. The van der Waals surface area contributed by atoms with E-state index in [-0.39, 0.29) is 5.97 Å². The van der Waals surface area contributed by atoms with Gasteiger partial charge in [0, 0.05) is 5.57 Å². The first-order chi connectivity index (χ1) is 10.3. The molecule has 1 aliphatic rings. The van der Waals surface area contributed by atoms with Crippen molar-refractivity contribution in [2.45, 2.75) is 51.9 Å². The normalized spacial score (nSPS) is 16.7. The lowest BCUT2D eigenvalue weighted by Gasteiger charge is -2.23.